The van der Waals surface area contributed by atoms with E-state index in [-0.39, 0.29) is 0 Å². The molecule has 7 heteroatoms. The van der Waals surface area contributed by atoms with Gasteiger partial charge in [-0.25, -0.2) is 4.79 Å². The van der Waals surface area contributed by atoms with Crippen LogP contribution in [0.1, 0.15) is 0 Å². The van der Waals surface area contributed by atoms with E-state index in [4.69, 9.17) is 0 Å². The summed E-state index contributed by atoms with van der Waals surface area (Å²) in [5, 5.41) is 0. The van der Waals surface area contributed by atoms with E-state index in [9.17, 15) is 4.79 Å². The third kappa shape index (κ3) is 4.75. The van der Waals surface area contributed by atoms with Crippen LogP contribution in [0.25, 0.3) is 0 Å². The van der Waals surface area contributed by atoms with Crippen molar-refractivity contribution in [1.29, 1.82) is 0 Å². The highest BCUT2D eigenvalue weighted by Gasteiger charge is 1.99. The normalized spacial score (nSPS) is 9.70. The zero-order chi connectivity index (χ0) is 14.4. The maximum absolute atomic E-state index is 11.6. The third-order valence-electron chi connectivity index (χ3n) is 2.33. The van der Waals surface area contributed by atoms with E-state index in [1.807, 2.05) is 48.5 Å². The highest BCUT2D eigenvalue weighted by molar-refractivity contribution is 9.10. The van der Waals surface area contributed by atoms with E-state index in [1.54, 1.807) is 0 Å². The minimum atomic E-state index is -0.393. The highest BCUT2D eigenvalue weighted by atomic mass is 79.9. The number of urea groups is 1. The van der Waals surface area contributed by atoms with Gasteiger partial charge in [0.2, 0.25) is 0 Å². The van der Waals surface area contributed by atoms with Gasteiger partial charge < -0.3 is 0 Å². The van der Waals surface area contributed by atoms with Gasteiger partial charge in [-0.05, 0) is 48.5 Å². The molecule has 0 saturated carbocycles. The molecule has 0 heterocycles. The fourth-order valence-corrected chi connectivity index (χ4v) is 1.88. The van der Waals surface area contributed by atoms with Crippen molar-refractivity contribution in [2.24, 2.45) is 0 Å². The van der Waals surface area contributed by atoms with Crippen molar-refractivity contribution >= 4 is 49.3 Å². The molecule has 0 aliphatic heterocycles. The Morgan fingerprint density at radius 1 is 0.700 bits per heavy atom. The Labute approximate surface area is 133 Å². The molecule has 4 N–H and O–H groups in total. The predicted octanol–water partition coefficient (Wildman–Crippen LogP) is 3.86. The maximum atomic E-state index is 11.6. The summed E-state index contributed by atoms with van der Waals surface area (Å²) in [5.74, 6) is 0. The number of anilines is 2. The van der Waals surface area contributed by atoms with Gasteiger partial charge in [-0.1, -0.05) is 31.9 Å². The van der Waals surface area contributed by atoms with Crippen molar-refractivity contribution in [2.45, 2.75) is 0 Å². The zero-order valence-corrected chi connectivity index (χ0v) is 13.5. The maximum Gasteiger partial charge on any atom is 0.352 e. The Bertz CT molecular complexity index is 520. The molecule has 0 atom stereocenters. The molecule has 0 fully saturated rings. The molecule has 20 heavy (non-hydrogen) atoms. The van der Waals surface area contributed by atoms with Crippen LogP contribution in [-0.4, -0.2) is 6.03 Å². The standard InChI is InChI=1S/C13H12Br2N4O/c14-9-1-5-11(6-2-9)16-18-13(20)19-17-12-7-3-10(15)4-8-12/h1-8,16-17H,(H2,18,19,20). The minimum Gasteiger partial charge on any atom is -0.297 e. The van der Waals surface area contributed by atoms with E-state index in [0.717, 1.165) is 20.3 Å². The number of carbonyl (C=O) groups excluding carboxylic acids is 1. The number of amides is 2. The molecular weight excluding hydrogens is 388 g/mol. The lowest BCUT2D eigenvalue weighted by atomic mass is 10.3. The topological polar surface area (TPSA) is 65.2 Å². The number of nitrogens with one attached hydrogen (secondary N) is 4. The summed E-state index contributed by atoms with van der Waals surface area (Å²) < 4.78 is 1.95. The summed E-state index contributed by atoms with van der Waals surface area (Å²) in [6.07, 6.45) is 0. The van der Waals surface area contributed by atoms with Gasteiger partial charge in [0.25, 0.3) is 0 Å². The quantitative estimate of drug-likeness (QED) is 0.590. The van der Waals surface area contributed by atoms with Crippen LogP contribution in [0.3, 0.4) is 0 Å². The average molecular weight is 400 g/mol. The van der Waals surface area contributed by atoms with Crippen molar-refractivity contribution in [3.05, 3.63) is 57.5 Å². The van der Waals surface area contributed by atoms with Crippen LogP contribution in [-0.2, 0) is 0 Å². The lowest BCUT2D eigenvalue weighted by Crippen LogP contribution is -2.41. The molecule has 0 bridgehead atoms. The number of rotatable bonds is 4. The molecule has 0 aliphatic carbocycles. The molecule has 2 amide bonds. The molecule has 104 valence electrons. The summed E-state index contributed by atoms with van der Waals surface area (Å²) in [6, 6.07) is 14.5. The van der Waals surface area contributed by atoms with E-state index >= 15 is 0 Å². The van der Waals surface area contributed by atoms with Gasteiger partial charge in [0.1, 0.15) is 0 Å². The second kappa shape index (κ2) is 7.16. The van der Waals surface area contributed by atoms with Crippen molar-refractivity contribution in [3.8, 4) is 0 Å². The van der Waals surface area contributed by atoms with E-state index in [0.29, 0.717) is 0 Å². The van der Waals surface area contributed by atoms with Crippen molar-refractivity contribution in [2.75, 3.05) is 10.9 Å². The van der Waals surface area contributed by atoms with E-state index < -0.39 is 6.03 Å². The molecule has 0 radical (unpaired) electrons. The minimum absolute atomic E-state index is 0.393. The first-order chi connectivity index (χ1) is 9.63. The van der Waals surface area contributed by atoms with Crippen LogP contribution >= 0.6 is 31.9 Å². The van der Waals surface area contributed by atoms with Crippen LogP contribution in [0.15, 0.2) is 57.5 Å². The van der Waals surface area contributed by atoms with Crippen LogP contribution < -0.4 is 21.7 Å². The van der Waals surface area contributed by atoms with Gasteiger partial charge in [0.15, 0.2) is 0 Å². The van der Waals surface area contributed by atoms with Gasteiger partial charge >= 0.3 is 6.03 Å². The smallest absolute Gasteiger partial charge is 0.297 e. The predicted molar refractivity (Wildman–Crippen MR) is 87.2 cm³/mol. The fourth-order valence-electron chi connectivity index (χ4n) is 1.36. The first kappa shape index (κ1) is 14.7. The number of benzene rings is 2. The zero-order valence-electron chi connectivity index (χ0n) is 10.3. The van der Waals surface area contributed by atoms with Gasteiger partial charge in [-0.3, -0.25) is 21.7 Å². The van der Waals surface area contributed by atoms with Gasteiger partial charge in [-0.2, -0.15) is 0 Å². The van der Waals surface area contributed by atoms with E-state index in [1.165, 1.54) is 0 Å². The van der Waals surface area contributed by atoms with Crippen LogP contribution in [0.2, 0.25) is 0 Å². The monoisotopic (exact) mass is 398 g/mol. The first-order valence-electron chi connectivity index (χ1n) is 5.72. The first-order valence-corrected chi connectivity index (χ1v) is 7.31. The van der Waals surface area contributed by atoms with Crippen LogP contribution in [0.4, 0.5) is 16.2 Å². The SMILES string of the molecule is O=C(NNc1ccc(Br)cc1)NNc1ccc(Br)cc1. The van der Waals surface area contributed by atoms with Gasteiger partial charge in [0.05, 0.1) is 11.4 Å². The Hall–Kier alpha value is -1.73. The lowest BCUT2D eigenvalue weighted by molar-refractivity contribution is 0.244. The largest absolute Gasteiger partial charge is 0.352 e. The molecule has 0 aromatic heterocycles. The number of hydrogen-bond acceptors (Lipinski definition) is 3. The molecule has 0 saturated heterocycles. The van der Waals surface area contributed by atoms with Crippen molar-refractivity contribution in [3.63, 3.8) is 0 Å². The summed E-state index contributed by atoms with van der Waals surface area (Å²) in [7, 11) is 0. The molecule has 5 nitrogen and oxygen atoms in total. The number of hydrazine groups is 2. The molecule has 2 aromatic carbocycles. The summed E-state index contributed by atoms with van der Waals surface area (Å²) in [5.41, 5.74) is 12.2. The average Bonchev–Trinajstić information content (AvgIpc) is 2.46. The third-order valence-corrected chi connectivity index (χ3v) is 3.39. The van der Waals surface area contributed by atoms with Crippen LogP contribution in [0.5, 0.6) is 0 Å². The second-order valence-corrected chi connectivity index (χ2v) is 5.67. The van der Waals surface area contributed by atoms with Gasteiger partial charge in [0, 0.05) is 8.95 Å². The molecule has 0 aliphatic rings. The number of halogens is 2. The number of hydrogen-bond donors (Lipinski definition) is 4. The summed E-state index contributed by atoms with van der Waals surface area (Å²) >= 11 is 6.68. The molecule has 0 spiro atoms. The Morgan fingerprint density at radius 3 is 1.40 bits per heavy atom. The molecule has 2 rings (SSSR count). The lowest BCUT2D eigenvalue weighted by Gasteiger charge is -2.11. The Kier molecular flexibility index (Phi) is 5.25. The Morgan fingerprint density at radius 2 is 1.05 bits per heavy atom. The molecule has 0 unspecified atom stereocenters. The number of carbonyl (C=O) groups is 1. The molecular formula is C13H12Br2N4O. The highest BCUT2D eigenvalue weighted by Crippen LogP contribution is 2.14. The van der Waals surface area contributed by atoms with Gasteiger partial charge in [-0.15, -0.1) is 0 Å². The molecule has 2 aromatic rings. The van der Waals surface area contributed by atoms with Crippen molar-refractivity contribution < 1.29 is 4.79 Å². The summed E-state index contributed by atoms with van der Waals surface area (Å²) in [6.45, 7) is 0. The van der Waals surface area contributed by atoms with E-state index in [2.05, 4.69) is 53.6 Å². The fraction of sp³-hybridized carbons (Fsp3) is 0. The van der Waals surface area contributed by atoms with Crippen molar-refractivity contribution in [1.82, 2.24) is 10.9 Å². The summed E-state index contributed by atoms with van der Waals surface area (Å²) in [4.78, 5) is 11.6. The second-order valence-electron chi connectivity index (χ2n) is 3.84. The Balaban J connectivity index is 1.75. The van der Waals surface area contributed by atoms with Crippen LogP contribution in [0, 0.1) is 0 Å².